The van der Waals surface area contributed by atoms with Gasteiger partial charge in [-0.05, 0) is 12.1 Å². The molecular formula is C8H9N3O3S2. The summed E-state index contributed by atoms with van der Waals surface area (Å²) in [5.41, 5.74) is 0.402. The lowest BCUT2D eigenvalue weighted by Gasteiger charge is -2.01. The fourth-order valence-electron chi connectivity index (χ4n) is 1.50. The van der Waals surface area contributed by atoms with Crippen LogP contribution in [-0.4, -0.2) is 17.5 Å². The van der Waals surface area contributed by atoms with Crippen molar-refractivity contribution < 1.29 is 13.0 Å². The molecule has 0 aliphatic rings. The van der Waals surface area contributed by atoms with Gasteiger partial charge in [0.1, 0.15) is 4.90 Å². The average Bonchev–Trinajstić information content (AvgIpc) is 2.54. The number of nitrogens with two attached hydrogens (primary N) is 1. The summed E-state index contributed by atoms with van der Waals surface area (Å²) in [5, 5.41) is 3.54. The van der Waals surface area contributed by atoms with Crippen molar-refractivity contribution in [2.24, 2.45) is 18.0 Å². The van der Waals surface area contributed by atoms with Crippen molar-refractivity contribution in [3.05, 3.63) is 23.0 Å². The Morgan fingerprint density at radius 3 is 2.75 bits per heavy atom. The highest BCUT2D eigenvalue weighted by molar-refractivity contribution is 7.86. The molecule has 0 saturated carbocycles. The van der Waals surface area contributed by atoms with Crippen LogP contribution >= 0.6 is 11.3 Å². The lowest BCUT2D eigenvalue weighted by Crippen LogP contribution is -2.13. The first kappa shape index (κ1) is 11.1. The molecule has 0 radical (unpaired) electrons. The average molecular weight is 259 g/mol. The van der Waals surface area contributed by atoms with E-state index in [9.17, 15) is 8.42 Å². The molecule has 0 fully saturated rings. The molecule has 2 aromatic rings. The van der Waals surface area contributed by atoms with Crippen molar-refractivity contribution in [3.8, 4) is 0 Å². The topological polar surface area (TPSA) is 97.7 Å². The molecule has 0 atom stereocenters. The Morgan fingerprint density at radius 2 is 2.19 bits per heavy atom. The lowest BCUT2D eigenvalue weighted by atomic mass is 10.3. The van der Waals surface area contributed by atoms with E-state index >= 15 is 0 Å². The zero-order chi connectivity index (χ0) is 11.9. The van der Waals surface area contributed by atoms with E-state index in [0.29, 0.717) is 15.0 Å². The number of para-hydroxylation sites is 1. The van der Waals surface area contributed by atoms with E-state index in [0.717, 1.165) is 0 Å². The summed E-state index contributed by atoms with van der Waals surface area (Å²) in [5.74, 6) is 5.18. The minimum absolute atomic E-state index is 0.140. The molecule has 2 rings (SSSR count). The number of hydrogen-bond acceptors (Lipinski definition) is 5. The molecule has 3 N–H and O–H groups in total. The maximum absolute atomic E-state index is 11.2. The van der Waals surface area contributed by atoms with Crippen LogP contribution in [0.4, 0.5) is 0 Å². The van der Waals surface area contributed by atoms with Crippen LogP contribution in [0.3, 0.4) is 0 Å². The van der Waals surface area contributed by atoms with Crippen LogP contribution in [0, 0.1) is 0 Å². The van der Waals surface area contributed by atoms with Crippen molar-refractivity contribution >= 4 is 31.7 Å². The Balaban J connectivity index is 3.04. The quantitative estimate of drug-likeness (QED) is 0.436. The van der Waals surface area contributed by atoms with Gasteiger partial charge in [-0.15, -0.1) is 0 Å². The van der Waals surface area contributed by atoms with Crippen LogP contribution in [0.15, 0.2) is 28.2 Å². The van der Waals surface area contributed by atoms with E-state index in [-0.39, 0.29) is 4.90 Å². The number of aryl methyl sites for hydroxylation is 1. The summed E-state index contributed by atoms with van der Waals surface area (Å²) < 4.78 is 33.7. The molecule has 0 saturated heterocycles. The second-order valence-corrected chi connectivity index (χ2v) is 5.55. The Labute approximate surface area is 95.4 Å². The summed E-state index contributed by atoms with van der Waals surface area (Å²) in [6.07, 6.45) is 0. The van der Waals surface area contributed by atoms with Crippen LogP contribution in [0.25, 0.3) is 10.2 Å². The monoisotopic (exact) mass is 259 g/mol. The van der Waals surface area contributed by atoms with E-state index in [1.54, 1.807) is 19.2 Å². The predicted octanol–water partition coefficient (Wildman–Crippen LogP) is 0.261. The molecule has 0 amide bonds. The number of rotatable bonds is 1. The first-order valence-corrected chi connectivity index (χ1v) is 6.51. The van der Waals surface area contributed by atoms with Gasteiger partial charge in [0.25, 0.3) is 10.1 Å². The minimum Gasteiger partial charge on any atom is -0.320 e. The summed E-state index contributed by atoms with van der Waals surface area (Å²) in [7, 11) is -2.61. The molecule has 1 heterocycles. The number of aromatic nitrogens is 1. The van der Waals surface area contributed by atoms with Crippen molar-refractivity contribution in [1.29, 1.82) is 0 Å². The number of nitrogens with zero attached hydrogens (tertiary/aromatic N) is 2. The normalized spacial score (nSPS) is 13.5. The highest BCUT2D eigenvalue weighted by Crippen LogP contribution is 2.23. The van der Waals surface area contributed by atoms with Gasteiger partial charge in [-0.3, -0.25) is 4.55 Å². The number of thiazole rings is 1. The third-order valence-corrected chi connectivity index (χ3v) is 4.17. The molecule has 0 unspecified atom stereocenters. The van der Waals surface area contributed by atoms with Crippen LogP contribution in [0.1, 0.15) is 0 Å². The minimum atomic E-state index is -4.24. The molecule has 0 aliphatic carbocycles. The zero-order valence-electron chi connectivity index (χ0n) is 8.28. The van der Waals surface area contributed by atoms with Crippen LogP contribution < -0.4 is 10.6 Å². The molecule has 0 bridgehead atoms. The van der Waals surface area contributed by atoms with E-state index in [4.69, 9.17) is 10.4 Å². The first-order valence-electron chi connectivity index (χ1n) is 4.25. The van der Waals surface area contributed by atoms with Gasteiger partial charge in [-0.2, -0.15) is 13.5 Å². The second-order valence-electron chi connectivity index (χ2n) is 3.15. The smallest absolute Gasteiger partial charge is 0.296 e. The summed E-state index contributed by atoms with van der Waals surface area (Å²) >= 11 is 1.25. The van der Waals surface area contributed by atoms with Crippen LogP contribution in [0.2, 0.25) is 0 Å². The third kappa shape index (κ3) is 1.60. The van der Waals surface area contributed by atoms with Gasteiger partial charge in [0.2, 0.25) is 4.80 Å². The van der Waals surface area contributed by atoms with Gasteiger partial charge in [-0.25, -0.2) is 0 Å². The van der Waals surface area contributed by atoms with Crippen LogP contribution in [0.5, 0.6) is 0 Å². The van der Waals surface area contributed by atoms with E-state index in [1.807, 2.05) is 0 Å². The van der Waals surface area contributed by atoms with Gasteiger partial charge >= 0.3 is 0 Å². The number of hydrogen-bond donors (Lipinski definition) is 2. The first-order chi connectivity index (χ1) is 7.45. The highest BCUT2D eigenvalue weighted by atomic mass is 32.2. The fraction of sp³-hybridized carbons (Fsp3) is 0.125. The number of fused-ring (bicyclic) bond motifs is 1. The largest absolute Gasteiger partial charge is 0.320 e. The van der Waals surface area contributed by atoms with Crippen molar-refractivity contribution in [2.45, 2.75) is 4.90 Å². The molecule has 0 aliphatic heterocycles. The van der Waals surface area contributed by atoms with Gasteiger partial charge in [-0.1, -0.05) is 17.4 Å². The Hall–Kier alpha value is -1.38. The van der Waals surface area contributed by atoms with Crippen molar-refractivity contribution in [1.82, 2.24) is 4.57 Å². The molecule has 1 aromatic heterocycles. The Morgan fingerprint density at radius 1 is 1.50 bits per heavy atom. The van der Waals surface area contributed by atoms with Crippen molar-refractivity contribution in [2.75, 3.05) is 0 Å². The molecule has 6 nitrogen and oxygen atoms in total. The summed E-state index contributed by atoms with van der Waals surface area (Å²) in [6, 6.07) is 4.64. The SMILES string of the molecule is Cn1/c(=N\N)sc2cccc(S(=O)(=O)O)c21. The fourth-order valence-corrected chi connectivity index (χ4v) is 3.27. The lowest BCUT2D eigenvalue weighted by molar-refractivity contribution is 0.483. The molecule has 16 heavy (non-hydrogen) atoms. The van der Waals surface area contributed by atoms with Gasteiger partial charge < -0.3 is 10.4 Å². The van der Waals surface area contributed by atoms with E-state index in [2.05, 4.69) is 5.10 Å². The number of benzene rings is 1. The molecule has 8 heteroatoms. The highest BCUT2D eigenvalue weighted by Gasteiger charge is 2.17. The molecule has 86 valence electrons. The molecule has 0 spiro atoms. The zero-order valence-corrected chi connectivity index (χ0v) is 9.92. The van der Waals surface area contributed by atoms with Gasteiger partial charge in [0, 0.05) is 7.05 Å². The van der Waals surface area contributed by atoms with E-state index in [1.165, 1.54) is 22.0 Å². The summed E-state index contributed by atoms with van der Waals surface area (Å²) in [6.45, 7) is 0. The predicted molar refractivity (Wildman–Crippen MR) is 60.4 cm³/mol. The Bertz CT molecular complexity index is 712. The Kier molecular flexibility index (Phi) is 2.49. The van der Waals surface area contributed by atoms with Crippen LogP contribution in [-0.2, 0) is 17.2 Å². The molecular weight excluding hydrogens is 250 g/mol. The molecule has 1 aromatic carbocycles. The third-order valence-electron chi connectivity index (χ3n) is 2.17. The van der Waals surface area contributed by atoms with Gasteiger partial charge in [0.15, 0.2) is 0 Å². The summed E-state index contributed by atoms with van der Waals surface area (Å²) in [4.78, 5) is 0.338. The second kappa shape index (κ2) is 3.58. The maximum Gasteiger partial charge on any atom is 0.296 e. The van der Waals surface area contributed by atoms with E-state index < -0.39 is 10.1 Å². The van der Waals surface area contributed by atoms with Gasteiger partial charge in [0.05, 0.1) is 10.2 Å². The maximum atomic E-state index is 11.2. The standard InChI is InChI=1S/C8H9N3O3S2/c1-11-7-5(15-8(11)10-9)3-2-4-6(7)16(12,13)14/h2-4H,9H2,1H3,(H,12,13,14)/b10-8+. The van der Waals surface area contributed by atoms with Crippen molar-refractivity contribution in [3.63, 3.8) is 0 Å².